The van der Waals surface area contributed by atoms with Gasteiger partial charge >= 0.3 is 12.0 Å². The van der Waals surface area contributed by atoms with Crippen molar-refractivity contribution in [3.8, 4) is 5.75 Å². The Morgan fingerprint density at radius 1 is 1.02 bits per heavy atom. The van der Waals surface area contributed by atoms with Crippen LogP contribution in [0.1, 0.15) is 34.0 Å². The highest BCUT2D eigenvalue weighted by Crippen LogP contribution is 2.21. The minimum absolute atomic E-state index is 0.0986. The number of amides is 4. The molecule has 1 atom stereocenters. The molecule has 0 spiro atoms. The van der Waals surface area contributed by atoms with Crippen LogP contribution in [0.3, 0.4) is 0 Å². The first-order valence-corrected chi connectivity index (χ1v) is 14.0. The van der Waals surface area contributed by atoms with Crippen LogP contribution in [0.4, 0.5) is 4.79 Å². The number of carbonyl (C=O) groups excluding carboxylic acids is 4. The highest BCUT2D eigenvalue weighted by molar-refractivity contribution is 5.90. The number of ether oxygens (including phenoxy) is 1. The van der Waals surface area contributed by atoms with Crippen LogP contribution in [0.15, 0.2) is 73.1 Å². The standard InChI is InChI=1S/C31H36N6O6/c1-3-36(34-31(42)33-18-23-7-5-4-6-8-23)21-28(39)37-14-13-35(20-24-15-25(19-32-17-24)30(41)43-2)29(40)27(37)16-22-9-11-26(38)12-10-22/h4-12,15,17,19,27,38H,3,13-14,16,18,20-21H2,1-2H3,(H2,33,34,42)/t27-/m0/s1. The van der Waals surface area contributed by atoms with Crippen molar-refractivity contribution in [2.24, 2.45) is 0 Å². The summed E-state index contributed by atoms with van der Waals surface area (Å²) in [5, 5.41) is 14.0. The zero-order valence-corrected chi connectivity index (χ0v) is 24.2. The third kappa shape index (κ3) is 8.52. The number of rotatable bonds is 11. The summed E-state index contributed by atoms with van der Waals surface area (Å²) in [6, 6.07) is 16.3. The molecule has 1 fully saturated rings. The van der Waals surface area contributed by atoms with E-state index in [0.717, 1.165) is 11.1 Å². The van der Waals surface area contributed by atoms with Crippen molar-refractivity contribution in [2.45, 2.75) is 32.5 Å². The summed E-state index contributed by atoms with van der Waals surface area (Å²) in [4.78, 5) is 59.2. The molecule has 0 radical (unpaired) electrons. The number of nitrogens with one attached hydrogen (secondary N) is 2. The van der Waals surface area contributed by atoms with E-state index in [4.69, 9.17) is 4.74 Å². The second kappa shape index (κ2) is 14.8. The molecule has 0 bridgehead atoms. The van der Waals surface area contributed by atoms with Gasteiger partial charge in [-0.25, -0.2) is 14.6 Å². The van der Waals surface area contributed by atoms with E-state index >= 15 is 0 Å². The first kappa shape index (κ1) is 31.0. The molecule has 2 aromatic carbocycles. The third-order valence-electron chi connectivity index (χ3n) is 7.12. The number of esters is 1. The second-order valence-electron chi connectivity index (χ2n) is 10.1. The third-order valence-corrected chi connectivity index (χ3v) is 7.12. The monoisotopic (exact) mass is 588 g/mol. The van der Waals surface area contributed by atoms with E-state index < -0.39 is 18.0 Å². The molecule has 0 aliphatic carbocycles. The van der Waals surface area contributed by atoms with Gasteiger partial charge in [-0.1, -0.05) is 49.4 Å². The van der Waals surface area contributed by atoms with Crippen LogP contribution in [0.5, 0.6) is 5.75 Å². The Labute approximate surface area is 250 Å². The second-order valence-corrected chi connectivity index (χ2v) is 10.1. The largest absolute Gasteiger partial charge is 0.508 e. The number of nitrogens with zero attached hydrogens (tertiary/aromatic N) is 4. The van der Waals surface area contributed by atoms with Crippen molar-refractivity contribution >= 4 is 23.8 Å². The average Bonchev–Trinajstić information content (AvgIpc) is 3.02. The van der Waals surface area contributed by atoms with Crippen LogP contribution in [0, 0.1) is 0 Å². The number of aromatic nitrogens is 1. The van der Waals surface area contributed by atoms with Gasteiger partial charge in [0.05, 0.1) is 19.2 Å². The Kier molecular flexibility index (Phi) is 10.6. The molecular weight excluding hydrogens is 552 g/mol. The van der Waals surface area contributed by atoms with Crippen molar-refractivity contribution < 1.29 is 29.0 Å². The fraction of sp³-hybridized carbons (Fsp3) is 0.323. The fourth-order valence-electron chi connectivity index (χ4n) is 4.82. The molecule has 12 heteroatoms. The number of hydrogen-bond acceptors (Lipinski definition) is 8. The molecule has 3 aromatic rings. The van der Waals surface area contributed by atoms with E-state index in [1.807, 2.05) is 37.3 Å². The van der Waals surface area contributed by atoms with Gasteiger partial charge in [-0.05, 0) is 34.9 Å². The Hall–Kier alpha value is -4.97. The number of hydrogen-bond donors (Lipinski definition) is 3. The highest BCUT2D eigenvalue weighted by atomic mass is 16.5. The van der Waals surface area contributed by atoms with E-state index in [1.165, 1.54) is 30.4 Å². The normalized spacial score (nSPS) is 14.9. The summed E-state index contributed by atoms with van der Waals surface area (Å²) in [5.74, 6) is -0.991. The molecule has 43 heavy (non-hydrogen) atoms. The van der Waals surface area contributed by atoms with Gasteiger partial charge in [0.15, 0.2) is 0 Å². The van der Waals surface area contributed by atoms with Gasteiger partial charge in [0.1, 0.15) is 11.8 Å². The average molecular weight is 589 g/mol. The van der Waals surface area contributed by atoms with Gasteiger partial charge in [-0.15, -0.1) is 0 Å². The SMILES string of the molecule is CCN(CC(=O)N1CCN(Cc2cncc(C(=O)OC)c2)C(=O)[C@@H]1Cc1ccc(O)cc1)NC(=O)NCc1ccccc1. The molecule has 3 N–H and O–H groups in total. The van der Waals surface area contributed by atoms with E-state index in [2.05, 4.69) is 15.7 Å². The number of methoxy groups -OCH3 is 1. The van der Waals surface area contributed by atoms with Gasteiger partial charge in [0, 0.05) is 51.5 Å². The molecule has 1 aliphatic heterocycles. The molecule has 0 unspecified atom stereocenters. The van der Waals surface area contributed by atoms with Crippen molar-refractivity contribution in [2.75, 3.05) is 33.3 Å². The molecule has 0 saturated carbocycles. The lowest BCUT2D eigenvalue weighted by Gasteiger charge is -2.41. The number of urea groups is 1. The van der Waals surface area contributed by atoms with E-state index in [0.29, 0.717) is 18.7 Å². The van der Waals surface area contributed by atoms with Crippen LogP contribution in [0.2, 0.25) is 0 Å². The molecule has 1 aliphatic rings. The van der Waals surface area contributed by atoms with E-state index in [1.54, 1.807) is 34.2 Å². The summed E-state index contributed by atoms with van der Waals surface area (Å²) in [5.41, 5.74) is 5.37. The lowest BCUT2D eigenvalue weighted by molar-refractivity contribution is -0.152. The lowest BCUT2D eigenvalue weighted by Crippen LogP contribution is -2.61. The Morgan fingerprint density at radius 2 is 1.77 bits per heavy atom. The molecular formula is C31H36N6O6. The highest BCUT2D eigenvalue weighted by Gasteiger charge is 2.38. The lowest BCUT2D eigenvalue weighted by atomic mass is 10.00. The number of pyridine rings is 1. The summed E-state index contributed by atoms with van der Waals surface area (Å²) in [6.45, 7) is 3.14. The summed E-state index contributed by atoms with van der Waals surface area (Å²) >= 11 is 0. The van der Waals surface area contributed by atoms with Crippen LogP contribution in [0.25, 0.3) is 0 Å². The number of phenols is 1. The van der Waals surface area contributed by atoms with Crippen LogP contribution in [-0.4, -0.2) is 88.0 Å². The van der Waals surface area contributed by atoms with Gasteiger partial charge in [0.25, 0.3) is 0 Å². The van der Waals surface area contributed by atoms with Crippen molar-refractivity contribution in [1.29, 1.82) is 0 Å². The fourth-order valence-corrected chi connectivity index (χ4v) is 4.82. The van der Waals surface area contributed by atoms with Crippen LogP contribution < -0.4 is 10.7 Å². The number of piperazine rings is 1. The molecule has 1 saturated heterocycles. The number of aromatic hydroxyl groups is 1. The molecule has 12 nitrogen and oxygen atoms in total. The molecule has 1 aromatic heterocycles. The maximum Gasteiger partial charge on any atom is 0.339 e. The predicted octanol–water partition coefficient (Wildman–Crippen LogP) is 2.09. The maximum absolute atomic E-state index is 13.8. The first-order chi connectivity index (χ1) is 20.8. The van der Waals surface area contributed by atoms with E-state index in [9.17, 15) is 24.3 Å². The molecule has 4 amide bonds. The zero-order chi connectivity index (χ0) is 30.8. The van der Waals surface area contributed by atoms with Crippen molar-refractivity contribution in [1.82, 2.24) is 30.5 Å². The summed E-state index contributed by atoms with van der Waals surface area (Å²) < 4.78 is 4.78. The maximum atomic E-state index is 13.8. The number of benzene rings is 2. The smallest absolute Gasteiger partial charge is 0.339 e. The molecule has 4 rings (SSSR count). The number of likely N-dealkylation sites (N-methyl/N-ethyl adjacent to an activating group) is 1. The van der Waals surface area contributed by atoms with E-state index in [-0.39, 0.29) is 55.7 Å². The number of carbonyl (C=O) groups is 4. The van der Waals surface area contributed by atoms with Crippen LogP contribution >= 0.6 is 0 Å². The minimum Gasteiger partial charge on any atom is -0.508 e. The van der Waals surface area contributed by atoms with Gasteiger partial charge < -0.3 is 25.0 Å². The zero-order valence-electron chi connectivity index (χ0n) is 24.2. The summed E-state index contributed by atoms with van der Waals surface area (Å²) in [7, 11) is 1.29. The Balaban J connectivity index is 1.45. The number of hydrazine groups is 1. The topological polar surface area (TPSA) is 144 Å². The Bertz CT molecular complexity index is 1420. The number of phenolic OH excluding ortho intramolecular Hbond substituents is 1. The minimum atomic E-state index is -0.812. The first-order valence-electron chi connectivity index (χ1n) is 14.0. The predicted molar refractivity (Wildman–Crippen MR) is 157 cm³/mol. The van der Waals surface area contributed by atoms with Gasteiger partial charge in [-0.2, -0.15) is 0 Å². The molecule has 226 valence electrons. The van der Waals surface area contributed by atoms with Gasteiger partial charge in [0.2, 0.25) is 11.8 Å². The molecule has 2 heterocycles. The van der Waals surface area contributed by atoms with Gasteiger partial charge in [-0.3, -0.25) is 20.0 Å². The van der Waals surface area contributed by atoms with Crippen LogP contribution in [-0.2, 0) is 33.8 Å². The summed E-state index contributed by atoms with van der Waals surface area (Å²) in [6.07, 6.45) is 3.22. The van der Waals surface area contributed by atoms with Crippen molar-refractivity contribution in [3.63, 3.8) is 0 Å². The van der Waals surface area contributed by atoms with Crippen molar-refractivity contribution in [3.05, 3.63) is 95.3 Å². The quantitative estimate of drug-likeness (QED) is 0.228. The Morgan fingerprint density at radius 3 is 2.47 bits per heavy atom.